The Morgan fingerprint density at radius 3 is 2.71 bits per heavy atom. The van der Waals surface area contributed by atoms with Crippen molar-refractivity contribution in [3.63, 3.8) is 0 Å². The Kier molecular flexibility index (Phi) is 4.21. The molecule has 1 aromatic carbocycles. The minimum absolute atomic E-state index is 0.0885. The molecule has 2 saturated heterocycles. The van der Waals surface area contributed by atoms with E-state index in [1.54, 1.807) is 13.8 Å². The van der Waals surface area contributed by atoms with E-state index in [0.29, 0.717) is 13.0 Å². The number of urea groups is 1. The second-order valence-electron chi connectivity index (χ2n) is 6.05. The molecule has 0 radical (unpaired) electrons. The zero-order valence-corrected chi connectivity index (χ0v) is 14.0. The highest BCUT2D eigenvalue weighted by atomic mass is 35.5. The highest BCUT2D eigenvalue weighted by Gasteiger charge is 2.48. The zero-order valence-electron chi connectivity index (χ0n) is 13.2. The monoisotopic (exact) mass is 354 g/mol. The predicted molar refractivity (Wildman–Crippen MR) is 84.6 cm³/mol. The first-order valence-electron chi connectivity index (χ1n) is 7.66. The van der Waals surface area contributed by atoms with Crippen molar-refractivity contribution in [3.05, 3.63) is 28.5 Å². The average Bonchev–Trinajstić information content (AvgIpc) is 3.04. The van der Waals surface area contributed by atoms with Crippen molar-refractivity contribution in [2.75, 3.05) is 11.4 Å². The summed E-state index contributed by atoms with van der Waals surface area (Å²) in [4.78, 5) is 39.1. The van der Waals surface area contributed by atoms with Crippen molar-refractivity contribution in [1.82, 2.24) is 4.90 Å². The first-order valence-corrected chi connectivity index (χ1v) is 8.03. The molecule has 2 aliphatic rings. The summed E-state index contributed by atoms with van der Waals surface area (Å²) in [6, 6.07) is 0.878. The zero-order chi connectivity index (χ0) is 17.6. The molecule has 3 rings (SSSR count). The number of benzene rings is 1. The molecule has 0 unspecified atom stereocenters. The molecule has 1 aromatic rings. The molecule has 0 N–H and O–H groups in total. The topological polar surface area (TPSA) is 66.9 Å². The van der Waals surface area contributed by atoms with E-state index >= 15 is 0 Å². The molecule has 2 heterocycles. The Labute approximate surface area is 143 Å². The van der Waals surface area contributed by atoms with Crippen LogP contribution in [0.5, 0.6) is 0 Å². The van der Waals surface area contributed by atoms with Crippen LogP contribution < -0.4 is 4.90 Å². The van der Waals surface area contributed by atoms with Crippen LogP contribution in [0.4, 0.5) is 14.9 Å². The molecule has 6 nitrogen and oxygen atoms in total. The lowest BCUT2D eigenvalue weighted by Crippen LogP contribution is -2.34. The molecular formula is C16H16ClFN2O4. The van der Waals surface area contributed by atoms with Crippen LogP contribution in [0, 0.1) is 5.82 Å². The predicted octanol–water partition coefficient (Wildman–Crippen LogP) is 2.98. The molecule has 0 saturated carbocycles. The van der Waals surface area contributed by atoms with Gasteiger partial charge in [-0.1, -0.05) is 11.6 Å². The Bertz CT molecular complexity index is 715. The lowest BCUT2D eigenvalue weighted by atomic mass is 10.1. The summed E-state index contributed by atoms with van der Waals surface area (Å²) in [5, 5.41) is -0.138. The standard InChI is InChI=1S/C16H16ClFN2O4/c1-8(2)24-15(22)9-6-13(11(18)7-10(9)17)20-14(21)12-4-3-5-19(12)16(20)23/h6-8,12H,3-5H2,1-2H3/t12-/m1/s1. The van der Waals surface area contributed by atoms with Crippen LogP contribution in [0.3, 0.4) is 0 Å². The quantitative estimate of drug-likeness (QED) is 0.618. The molecule has 24 heavy (non-hydrogen) atoms. The Balaban J connectivity index is 2.01. The van der Waals surface area contributed by atoms with Gasteiger partial charge in [-0.3, -0.25) is 4.79 Å². The average molecular weight is 355 g/mol. The molecule has 0 aliphatic carbocycles. The molecule has 3 amide bonds. The van der Waals surface area contributed by atoms with Gasteiger partial charge in [0.05, 0.1) is 22.4 Å². The third kappa shape index (κ3) is 2.62. The number of fused-ring (bicyclic) bond motifs is 1. The largest absolute Gasteiger partial charge is 0.459 e. The molecule has 128 valence electrons. The number of imide groups is 1. The number of hydrogen-bond donors (Lipinski definition) is 0. The molecule has 0 spiro atoms. The lowest BCUT2D eigenvalue weighted by Gasteiger charge is -2.18. The van der Waals surface area contributed by atoms with Gasteiger partial charge in [-0.05, 0) is 38.8 Å². The Morgan fingerprint density at radius 1 is 1.38 bits per heavy atom. The summed E-state index contributed by atoms with van der Waals surface area (Å²) in [5.74, 6) is -2.07. The number of rotatable bonds is 3. The Hall–Kier alpha value is -2.15. The summed E-state index contributed by atoms with van der Waals surface area (Å²) >= 11 is 5.92. The van der Waals surface area contributed by atoms with Crippen LogP contribution in [0.2, 0.25) is 5.02 Å². The maximum absolute atomic E-state index is 14.3. The van der Waals surface area contributed by atoms with Crippen molar-refractivity contribution in [3.8, 4) is 0 Å². The van der Waals surface area contributed by atoms with Crippen molar-refractivity contribution >= 4 is 35.2 Å². The van der Waals surface area contributed by atoms with Crippen molar-refractivity contribution < 1.29 is 23.5 Å². The van der Waals surface area contributed by atoms with Gasteiger partial charge in [0.2, 0.25) is 0 Å². The van der Waals surface area contributed by atoms with E-state index in [9.17, 15) is 18.8 Å². The number of esters is 1. The number of hydrogen-bond acceptors (Lipinski definition) is 4. The van der Waals surface area contributed by atoms with E-state index in [4.69, 9.17) is 16.3 Å². The SMILES string of the molecule is CC(C)OC(=O)c1cc(N2C(=O)[C@H]3CCCN3C2=O)c(F)cc1Cl. The molecular weight excluding hydrogens is 339 g/mol. The van der Waals surface area contributed by atoms with Crippen molar-refractivity contribution in [2.24, 2.45) is 0 Å². The van der Waals surface area contributed by atoms with E-state index < -0.39 is 29.8 Å². The molecule has 2 aliphatic heterocycles. The summed E-state index contributed by atoms with van der Waals surface area (Å²) in [6.45, 7) is 3.79. The van der Waals surface area contributed by atoms with Crippen LogP contribution >= 0.6 is 11.6 Å². The number of carbonyl (C=O) groups excluding carboxylic acids is 3. The van der Waals surface area contributed by atoms with Crippen molar-refractivity contribution in [1.29, 1.82) is 0 Å². The van der Waals surface area contributed by atoms with Gasteiger partial charge in [0.25, 0.3) is 5.91 Å². The van der Waals surface area contributed by atoms with E-state index in [1.165, 1.54) is 4.90 Å². The summed E-state index contributed by atoms with van der Waals surface area (Å²) in [7, 11) is 0. The van der Waals surface area contributed by atoms with E-state index in [0.717, 1.165) is 23.5 Å². The minimum Gasteiger partial charge on any atom is -0.459 e. The van der Waals surface area contributed by atoms with Gasteiger partial charge >= 0.3 is 12.0 Å². The lowest BCUT2D eigenvalue weighted by molar-refractivity contribution is -0.119. The smallest absolute Gasteiger partial charge is 0.339 e. The van der Waals surface area contributed by atoms with Gasteiger partial charge in [0.1, 0.15) is 11.9 Å². The van der Waals surface area contributed by atoms with Gasteiger partial charge in [-0.25, -0.2) is 18.9 Å². The summed E-state index contributed by atoms with van der Waals surface area (Å²) in [6.07, 6.45) is 0.909. The number of carbonyl (C=O) groups is 3. The van der Waals surface area contributed by atoms with Gasteiger partial charge in [-0.15, -0.1) is 0 Å². The van der Waals surface area contributed by atoms with E-state index in [2.05, 4.69) is 0 Å². The van der Waals surface area contributed by atoms with Gasteiger partial charge in [0, 0.05) is 6.54 Å². The number of amides is 3. The fraction of sp³-hybridized carbons (Fsp3) is 0.438. The van der Waals surface area contributed by atoms with Crippen LogP contribution in [0.25, 0.3) is 0 Å². The molecule has 0 aromatic heterocycles. The van der Waals surface area contributed by atoms with Crippen LogP contribution in [-0.2, 0) is 9.53 Å². The highest BCUT2D eigenvalue weighted by molar-refractivity contribution is 6.34. The third-order valence-corrected chi connectivity index (χ3v) is 4.35. The maximum Gasteiger partial charge on any atom is 0.339 e. The first-order chi connectivity index (χ1) is 11.3. The third-order valence-electron chi connectivity index (χ3n) is 4.04. The van der Waals surface area contributed by atoms with E-state index in [1.807, 2.05) is 0 Å². The normalized spacial score (nSPS) is 20.1. The van der Waals surface area contributed by atoms with Crippen LogP contribution in [0.15, 0.2) is 12.1 Å². The number of halogens is 2. The van der Waals surface area contributed by atoms with Gasteiger partial charge in [0.15, 0.2) is 0 Å². The second-order valence-corrected chi connectivity index (χ2v) is 6.45. The summed E-state index contributed by atoms with van der Waals surface area (Å²) in [5.41, 5.74) is -0.367. The highest BCUT2D eigenvalue weighted by Crippen LogP contribution is 2.35. The molecule has 8 heteroatoms. The fourth-order valence-electron chi connectivity index (χ4n) is 2.99. The van der Waals surface area contributed by atoms with Crippen LogP contribution in [0.1, 0.15) is 37.0 Å². The van der Waals surface area contributed by atoms with Gasteiger partial charge in [-0.2, -0.15) is 0 Å². The minimum atomic E-state index is -0.844. The number of ether oxygens (including phenoxy) is 1. The summed E-state index contributed by atoms with van der Waals surface area (Å²) < 4.78 is 19.4. The fourth-order valence-corrected chi connectivity index (χ4v) is 3.22. The van der Waals surface area contributed by atoms with Gasteiger partial charge < -0.3 is 9.64 Å². The molecule has 1 atom stereocenters. The van der Waals surface area contributed by atoms with E-state index in [-0.39, 0.29) is 22.4 Å². The molecule has 2 fully saturated rings. The Morgan fingerprint density at radius 2 is 2.08 bits per heavy atom. The number of anilines is 1. The maximum atomic E-state index is 14.3. The number of nitrogens with zero attached hydrogens (tertiary/aromatic N) is 2. The molecule has 0 bridgehead atoms. The second kappa shape index (κ2) is 6.05. The first kappa shape index (κ1) is 16.7. The van der Waals surface area contributed by atoms with Crippen LogP contribution in [-0.4, -0.2) is 41.5 Å². The van der Waals surface area contributed by atoms with Crippen molar-refractivity contribution in [2.45, 2.75) is 38.8 Å².